The molecule has 0 bridgehead atoms. The topological polar surface area (TPSA) is 58.6 Å². The molecule has 0 saturated heterocycles. The van der Waals surface area contributed by atoms with E-state index < -0.39 is 12.0 Å². The van der Waals surface area contributed by atoms with Gasteiger partial charge in [0.15, 0.2) is 0 Å². The number of hydrogen-bond donors (Lipinski definition) is 2. The predicted octanol–water partition coefficient (Wildman–Crippen LogP) is -0.306. The number of carbonyl (C=O) groups is 1. The number of rotatable bonds is 4. The molecule has 10 heavy (non-hydrogen) atoms. The van der Waals surface area contributed by atoms with Gasteiger partial charge in [0.1, 0.15) is 6.04 Å². The third-order valence-electron chi connectivity index (χ3n) is 1.42. The minimum Gasteiger partial charge on any atom is -0.480 e. The Morgan fingerprint density at radius 1 is 1.70 bits per heavy atom. The predicted molar refractivity (Wildman–Crippen MR) is 37.0 cm³/mol. The summed E-state index contributed by atoms with van der Waals surface area (Å²) in [5.41, 5.74) is 0. The zero-order valence-corrected chi connectivity index (χ0v) is 6.42. The Kier molecular flexibility index (Phi) is 3.99. The van der Waals surface area contributed by atoms with Crippen LogP contribution in [0.2, 0.25) is 0 Å². The highest BCUT2D eigenvalue weighted by molar-refractivity contribution is 5.74. The van der Waals surface area contributed by atoms with E-state index in [0.29, 0.717) is 0 Å². The Balaban J connectivity index is 3.92. The number of methoxy groups -OCH3 is 1. The average molecular weight is 147 g/mol. The molecule has 2 atom stereocenters. The van der Waals surface area contributed by atoms with Gasteiger partial charge in [-0.25, -0.2) is 0 Å². The third-order valence-corrected chi connectivity index (χ3v) is 1.42. The monoisotopic (exact) mass is 147 g/mol. The lowest BCUT2D eigenvalue weighted by molar-refractivity contribution is -0.142. The van der Waals surface area contributed by atoms with Gasteiger partial charge in [-0.3, -0.25) is 4.79 Å². The van der Waals surface area contributed by atoms with Gasteiger partial charge in [0.05, 0.1) is 6.10 Å². The van der Waals surface area contributed by atoms with Crippen LogP contribution in [0, 0.1) is 0 Å². The summed E-state index contributed by atoms with van der Waals surface area (Å²) in [5, 5.41) is 11.2. The molecule has 0 radical (unpaired) electrons. The number of hydrogen-bond acceptors (Lipinski definition) is 3. The summed E-state index contributed by atoms with van der Waals surface area (Å²) in [6, 6.07) is -0.620. The molecule has 0 rings (SSSR count). The molecule has 0 aromatic rings. The summed E-state index contributed by atoms with van der Waals surface area (Å²) in [6.07, 6.45) is -0.303. The normalized spacial score (nSPS) is 16.3. The molecule has 0 aliphatic heterocycles. The van der Waals surface area contributed by atoms with Crippen LogP contribution in [-0.2, 0) is 9.53 Å². The molecule has 2 N–H and O–H groups in total. The molecule has 0 aromatic carbocycles. The Morgan fingerprint density at radius 2 is 2.20 bits per heavy atom. The van der Waals surface area contributed by atoms with Crippen molar-refractivity contribution in [2.45, 2.75) is 19.1 Å². The van der Waals surface area contributed by atoms with E-state index in [1.165, 1.54) is 7.11 Å². The molecule has 0 aromatic heterocycles. The first-order valence-corrected chi connectivity index (χ1v) is 3.06. The van der Waals surface area contributed by atoms with Gasteiger partial charge in [-0.1, -0.05) is 0 Å². The molecule has 0 spiro atoms. The number of ether oxygens (including phenoxy) is 1. The SMILES string of the molecule is CN[C@H](C(=O)O)[C@@H](C)OC. The second-order valence-corrected chi connectivity index (χ2v) is 2.05. The zero-order valence-electron chi connectivity index (χ0n) is 6.42. The van der Waals surface area contributed by atoms with Crippen LogP contribution in [0.15, 0.2) is 0 Å². The Bertz CT molecular complexity index is 116. The molecular weight excluding hydrogens is 134 g/mol. The van der Waals surface area contributed by atoms with E-state index in [9.17, 15) is 4.79 Å². The summed E-state index contributed by atoms with van der Waals surface area (Å²) < 4.78 is 4.82. The first-order valence-electron chi connectivity index (χ1n) is 3.06. The number of aliphatic carboxylic acids is 1. The highest BCUT2D eigenvalue weighted by Gasteiger charge is 2.21. The van der Waals surface area contributed by atoms with Crippen LogP contribution in [0.25, 0.3) is 0 Å². The van der Waals surface area contributed by atoms with Crippen LogP contribution in [0.4, 0.5) is 0 Å². The molecule has 0 saturated carbocycles. The molecule has 4 nitrogen and oxygen atoms in total. The van der Waals surface area contributed by atoms with Crippen molar-refractivity contribution in [1.29, 1.82) is 0 Å². The fourth-order valence-corrected chi connectivity index (χ4v) is 0.695. The van der Waals surface area contributed by atoms with E-state index in [-0.39, 0.29) is 6.10 Å². The van der Waals surface area contributed by atoms with Crippen LogP contribution < -0.4 is 5.32 Å². The lowest BCUT2D eigenvalue weighted by Gasteiger charge is -2.17. The third kappa shape index (κ3) is 2.33. The molecule has 0 aliphatic rings. The summed E-state index contributed by atoms with van der Waals surface area (Å²) in [6.45, 7) is 1.70. The minimum atomic E-state index is -0.892. The fourth-order valence-electron chi connectivity index (χ4n) is 0.695. The van der Waals surface area contributed by atoms with Gasteiger partial charge in [-0.15, -0.1) is 0 Å². The number of nitrogens with one attached hydrogen (secondary N) is 1. The zero-order chi connectivity index (χ0) is 8.15. The Labute approximate surface area is 60.2 Å². The second-order valence-electron chi connectivity index (χ2n) is 2.05. The first kappa shape index (κ1) is 9.39. The average Bonchev–Trinajstić information content (AvgIpc) is 1.88. The first-order chi connectivity index (χ1) is 4.63. The smallest absolute Gasteiger partial charge is 0.323 e. The molecule has 60 valence electrons. The van der Waals surface area contributed by atoms with E-state index in [1.807, 2.05) is 0 Å². The Hall–Kier alpha value is -0.610. The van der Waals surface area contributed by atoms with Crippen LogP contribution in [0.3, 0.4) is 0 Å². The molecule has 4 heteroatoms. The van der Waals surface area contributed by atoms with Gasteiger partial charge in [0, 0.05) is 7.11 Å². The van der Waals surface area contributed by atoms with Crippen molar-refractivity contribution in [2.75, 3.05) is 14.2 Å². The molecule has 0 amide bonds. The van der Waals surface area contributed by atoms with E-state index in [4.69, 9.17) is 9.84 Å². The summed E-state index contributed by atoms with van der Waals surface area (Å²) in [5.74, 6) is -0.892. The molecule has 0 unspecified atom stereocenters. The fraction of sp³-hybridized carbons (Fsp3) is 0.833. The van der Waals surface area contributed by atoms with Crippen molar-refractivity contribution in [3.8, 4) is 0 Å². The van der Waals surface area contributed by atoms with Gasteiger partial charge < -0.3 is 15.2 Å². The maximum Gasteiger partial charge on any atom is 0.323 e. The quantitative estimate of drug-likeness (QED) is 0.573. The van der Waals surface area contributed by atoms with E-state index in [2.05, 4.69) is 5.32 Å². The number of carboxylic acids is 1. The van der Waals surface area contributed by atoms with E-state index in [1.54, 1.807) is 14.0 Å². The number of likely N-dealkylation sites (N-methyl/N-ethyl adjacent to an activating group) is 1. The van der Waals surface area contributed by atoms with Gasteiger partial charge >= 0.3 is 5.97 Å². The standard InChI is InChI=1S/C6H13NO3/c1-4(10-3)5(7-2)6(8)9/h4-5,7H,1-3H3,(H,8,9)/t4-,5+/m1/s1. The maximum atomic E-state index is 10.4. The largest absolute Gasteiger partial charge is 0.480 e. The van der Waals surface area contributed by atoms with Crippen molar-refractivity contribution in [2.24, 2.45) is 0 Å². The lowest BCUT2D eigenvalue weighted by atomic mass is 10.2. The highest BCUT2D eigenvalue weighted by Crippen LogP contribution is 1.95. The van der Waals surface area contributed by atoms with Gasteiger partial charge in [0.2, 0.25) is 0 Å². The van der Waals surface area contributed by atoms with Crippen LogP contribution in [0.1, 0.15) is 6.92 Å². The van der Waals surface area contributed by atoms with Crippen LogP contribution in [-0.4, -0.2) is 37.4 Å². The summed E-state index contributed by atoms with van der Waals surface area (Å²) in [4.78, 5) is 10.4. The van der Waals surface area contributed by atoms with Crippen molar-refractivity contribution in [3.63, 3.8) is 0 Å². The highest BCUT2D eigenvalue weighted by atomic mass is 16.5. The van der Waals surface area contributed by atoms with Crippen molar-refractivity contribution < 1.29 is 14.6 Å². The second kappa shape index (κ2) is 4.24. The van der Waals surface area contributed by atoms with Crippen molar-refractivity contribution in [1.82, 2.24) is 5.32 Å². The molecule has 0 heterocycles. The maximum absolute atomic E-state index is 10.4. The molecule has 0 aliphatic carbocycles. The van der Waals surface area contributed by atoms with E-state index >= 15 is 0 Å². The van der Waals surface area contributed by atoms with E-state index in [0.717, 1.165) is 0 Å². The molecule has 0 fully saturated rings. The van der Waals surface area contributed by atoms with Gasteiger partial charge in [0.25, 0.3) is 0 Å². The number of carboxylic acid groups (broad SMARTS) is 1. The molecular formula is C6H13NO3. The van der Waals surface area contributed by atoms with Crippen LogP contribution >= 0.6 is 0 Å². The van der Waals surface area contributed by atoms with Gasteiger partial charge in [-0.05, 0) is 14.0 Å². The van der Waals surface area contributed by atoms with Crippen LogP contribution in [0.5, 0.6) is 0 Å². The lowest BCUT2D eigenvalue weighted by Crippen LogP contribution is -2.43. The van der Waals surface area contributed by atoms with Crippen molar-refractivity contribution >= 4 is 5.97 Å². The van der Waals surface area contributed by atoms with Crippen molar-refractivity contribution in [3.05, 3.63) is 0 Å². The summed E-state index contributed by atoms with van der Waals surface area (Å²) in [7, 11) is 3.08. The minimum absolute atomic E-state index is 0.303. The summed E-state index contributed by atoms with van der Waals surface area (Å²) >= 11 is 0. The Morgan fingerprint density at radius 3 is 2.30 bits per heavy atom. The van der Waals surface area contributed by atoms with Gasteiger partial charge in [-0.2, -0.15) is 0 Å².